The van der Waals surface area contributed by atoms with Crippen molar-refractivity contribution in [2.24, 2.45) is 0 Å². The number of cyclic esters (lactones) is 1. The van der Waals surface area contributed by atoms with E-state index >= 15 is 0 Å². The van der Waals surface area contributed by atoms with Crippen molar-refractivity contribution in [2.75, 3.05) is 11.9 Å². The summed E-state index contributed by atoms with van der Waals surface area (Å²) in [6.45, 7) is 2.36. The van der Waals surface area contributed by atoms with E-state index in [-0.39, 0.29) is 5.97 Å². The molecule has 2 heterocycles. The third-order valence-electron chi connectivity index (χ3n) is 2.87. The first-order valence-electron chi connectivity index (χ1n) is 5.73. The normalized spacial score (nSPS) is 17.9. The summed E-state index contributed by atoms with van der Waals surface area (Å²) in [5.41, 5.74) is 2.52. The maximum atomic E-state index is 11.4. The maximum absolute atomic E-state index is 11.4. The molecule has 3 rings (SSSR count). The number of aromatic nitrogens is 1. The molecule has 0 radical (unpaired) electrons. The summed E-state index contributed by atoms with van der Waals surface area (Å²) >= 11 is 1.58. The van der Waals surface area contributed by atoms with E-state index in [0.717, 1.165) is 21.0 Å². The predicted molar refractivity (Wildman–Crippen MR) is 71.5 cm³/mol. The molecule has 92 valence electrons. The average molecular weight is 260 g/mol. The third kappa shape index (κ3) is 1.97. The predicted octanol–water partition coefficient (Wildman–Crippen LogP) is 2.93. The molecule has 0 bridgehead atoms. The van der Waals surface area contributed by atoms with E-state index in [1.807, 2.05) is 31.2 Å². The van der Waals surface area contributed by atoms with Crippen LogP contribution in [0.25, 0.3) is 10.2 Å². The Balaban J connectivity index is 1.90. The van der Waals surface area contributed by atoms with Gasteiger partial charge in [0.25, 0.3) is 0 Å². The zero-order chi connectivity index (χ0) is 12.5. The molecule has 0 aliphatic carbocycles. The van der Waals surface area contributed by atoms with Gasteiger partial charge >= 0.3 is 5.97 Å². The van der Waals surface area contributed by atoms with Gasteiger partial charge in [0.15, 0.2) is 5.13 Å². The quantitative estimate of drug-likeness (QED) is 0.666. The van der Waals surface area contributed by atoms with E-state index in [1.54, 1.807) is 11.3 Å². The fraction of sp³-hybridized carbons (Fsp3) is 0.231. The Hall–Kier alpha value is -1.88. The van der Waals surface area contributed by atoms with Crippen LogP contribution in [0.2, 0.25) is 0 Å². The third-order valence-corrected chi connectivity index (χ3v) is 3.82. The lowest BCUT2D eigenvalue weighted by atomic mass is 10.2. The summed E-state index contributed by atoms with van der Waals surface area (Å²) in [6, 6.07) is 7.96. The van der Waals surface area contributed by atoms with Crippen LogP contribution in [-0.4, -0.2) is 17.6 Å². The van der Waals surface area contributed by atoms with Crippen LogP contribution >= 0.6 is 11.3 Å². The highest BCUT2D eigenvalue weighted by Crippen LogP contribution is 2.27. The van der Waals surface area contributed by atoms with Crippen LogP contribution in [0, 0.1) is 0 Å². The SMILES string of the molecule is C/C(Nc1nc2ccccc2s1)=C1\CCOC1=O. The zero-order valence-electron chi connectivity index (χ0n) is 9.90. The number of esters is 1. The smallest absolute Gasteiger partial charge is 0.335 e. The molecule has 0 atom stereocenters. The number of hydrogen-bond acceptors (Lipinski definition) is 5. The molecular weight excluding hydrogens is 248 g/mol. The molecule has 1 N–H and O–H groups in total. The number of rotatable bonds is 2. The molecule has 1 aromatic carbocycles. The number of benzene rings is 1. The van der Waals surface area contributed by atoms with Gasteiger partial charge in [0.05, 0.1) is 22.4 Å². The number of carbonyl (C=O) groups excluding carboxylic acids is 1. The van der Waals surface area contributed by atoms with Crippen LogP contribution in [-0.2, 0) is 9.53 Å². The van der Waals surface area contributed by atoms with Crippen molar-refractivity contribution in [3.63, 3.8) is 0 Å². The molecule has 0 spiro atoms. The van der Waals surface area contributed by atoms with Gasteiger partial charge in [-0.1, -0.05) is 23.5 Å². The van der Waals surface area contributed by atoms with E-state index in [0.29, 0.717) is 18.6 Å². The van der Waals surface area contributed by atoms with Crippen molar-refractivity contribution in [1.82, 2.24) is 4.98 Å². The first-order chi connectivity index (χ1) is 8.74. The van der Waals surface area contributed by atoms with Crippen LogP contribution < -0.4 is 5.32 Å². The number of nitrogens with one attached hydrogen (secondary N) is 1. The van der Waals surface area contributed by atoms with E-state index in [9.17, 15) is 4.79 Å². The molecule has 4 nitrogen and oxygen atoms in total. The first kappa shape index (κ1) is 11.2. The maximum Gasteiger partial charge on any atom is 0.335 e. The number of anilines is 1. The minimum absolute atomic E-state index is 0.221. The Kier molecular flexibility index (Phi) is 2.76. The Morgan fingerprint density at radius 2 is 2.28 bits per heavy atom. The van der Waals surface area contributed by atoms with E-state index in [2.05, 4.69) is 10.3 Å². The highest BCUT2D eigenvalue weighted by Gasteiger charge is 2.21. The zero-order valence-corrected chi connectivity index (χ0v) is 10.7. The Morgan fingerprint density at radius 1 is 1.44 bits per heavy atom. The molecule has 1 aromatic heterocycles. The van der Waals surface area contributed by atoms with E-state index in [4.69, 9.17) is 4.74 Å². The fourth-order valence-electron chi connectivity index (χ4n) is 1.94. The highest BCUT2D eigenvalue weighted by molar-refractivity contribution is 7.22. The number of nitrogens with zero attached hydrogens (tertiary/aromatic N) is 1. The summed E-state index contributed by atoms with van der Waals surface area (Å²) in [6.07, 6.45) is 0.669. The van der Waals surface area contributed by atoms with Crippen molar-refractivity contribution in [3.05, 3.63) is 35.5 Å². The van der Waals surface area contributed by atoms with Crippen molar-refractivity contribution >= 4 is 32.7 Å². The molecule has 1 aliphatic heterocycles. The Morgan fingerprint density at radius 3 is 3.00 bits per heavy atom. The number of ether oxygens (including phenoxy) is 1. The van der Waals surface area contributed by atoms with Gasteiger partial charge in [-0.25, -0.2) is 9.78 Å². The van der Waals surface area contributed by atoms with Crippen molar-refractivity contribution in [1.29, 1.82) is 0 Å². The number of thiazole rings is 1. The largest absolute Gasteiger partial charge is 0.462 e. The number of allylic oxidation sites excluding steroid dienone is 1. The standard InChI is InChI=1S/C13H12N2O2S/c1-8(9-6-7-17-12(9)16)14-13-15-10-4-2-3-5-11(10)18-13/h2-5H,6-7H2,1H3,(H,14,15)/b9-8-. The first-order valence-corrected chi connectivity index (χ1v) is 6.55. The molecule has 1 saturated heterocycles. The second-order valence-electron chi connectivity index (χ2n) is 4.10. The average Bonchev–Trinajstić information content (AvgIpc) is 2.94. The van der Waals surface area contributed by atoms with Gasteiger partial charge in [-0.2, -0.15) is 0 Å². The van der Waals surface area contributed by atoms with Gasteiger partial charge in [0, 0.05) is 12.1 Å². The second-order valence-corrected chi connectivity index (χ2v) is 5.13. The van der Waals surface area contributed by atoms with Crippen LogP contribution in [0.15, 0.2) is 35.5 Å². The second kappa shape index (κ2) is 4.42. The van der Waals surface area contributed by atoms with Crippen LogP contribution in [0.4, 0.5) is 5.13 Å². The molecule has 0 saturated carbocycles. The number of para-hydroxylation sites is 1. The Bertz CT molecular complexity index is 612. The van der Waals surface area contributed by atoms with Crippen molar-refractivity contribution in [2.45, 2.75) is 13.3 Å². The molecule has 5 heteroatoms. The van der Waals surface area contributed by atoms with Gasteiger partial charge in [0.1, 0.15) is 0 Å². The molecule has 0 unspecified atom stereocenters. The van der Waals surface area contributed by atoms with Crippen molar-refractivity contribution in [3.8, 4) is 0 Å². The Labute approximate surface area is 108 Å². The number of fused-ring (bicyclic) bond motifs is 1. The van der Waals surface area contributed by atoms with Crippen LogP contribution in [0.5, 0.6) is 0 Å². The molecule has 18 heavy (non-hydrogen) atoms. The van der Waals surface area contributed by atoms with Gasteiger partial charge < -0.3 is 10.1 Å². The number of hydrogen-bond donors (Lipinski definition) is 1. The summed E-state index contributed by atoms with van der Waals surface area (Å²) in [4.78, 5) is 15.9. The summed E-state index contributed by atoms with van der Waals surface area (Å²) in [5, 5.41) is 4.00. The summed E-state index contributed by atoms with van der Waals surface area (Å²) in [7, 11) is 0. The lowest BCUT2D eigenvalue weighted by Crippen LogP contribution is -2.04. The lowest BCUT2D eigenvalue weighted by Gasteiger charge is -2.03. The minimum atomic E-state index is -0.221. The molecular formula is C13H12N2O2S. The van der Waals surface area contributed by atoms with Gasteiger partial charge in [-0.15, -0.1) is 0 Å². The summed E-state index contributed by atoms with van der Waals surface area (Å²) in [5.74, 6) is -0.221. The highest BCUT2D eigenvalue weighted by atomic mass is 32.1. The lowest BCUT2D eigenvalue weighted by molar-refractivity contribution is -0.135. The topological polar surface area (TPSA) is 51.2 Å². The fourth-order valence-corrected chi connectivity index (χ4v) is 2.86. The summed E-state index contributed by atoms with van der Waals surface area (Å²) < 4.78 is 6.06. The van der Waals surface area contributed by atoms with Crippen LogP contribution in [0.1, 0.15) is 13.3 Å². The monoisotopic (exact) mass is 260 g/mol. The van der Waals surface area contributed by atoms with Gasteiger partial charge in [0.2, 0.25) is 0 Å². The number of carbonyl (C=O) groups is 1. The van der Waals surface area contributed by atoms with Crippen LogP contribution in [0.3, 0.4) is 0 Å². The van der Waals surface area contributed by atoms with E-state index < -0.39 is 0 Å². The molecule has 2 aromatic rings. The molecule has 1 fully saturated rings. The van der Waals surface area contributed by atoms with Gasteiger partial charge in [-0.05, 0) is 19.1 Å². The van der Waals surface area contributed by atoms with Gasteiger partial charge in [-0.3, -0.25) is 0 Å². The molecule has 1 aliphatic rings. The molecule has 0 amide bonds. The minimum Gasteiger partial charge on any atom is -0.462 e. The van der Waals surface area contributed by atoms with E-state index in [1.165, 1.54) is 0 Å². The van der Waals surface area contributed by atoms with Crippen molar-refractivity contribution < 1.29 is 9.53 Å².